The van der Waals surface area contributed by atoms with Crippen LogP contribution in [-0.2, 0) is 14.8 Å². The van der Waals surface area contributed by atoms with Crippen LogP contribution >= 0.6 is 0 Å². The van der Waals surface area contributed by atoms with Crippen molar-refractivity contribution < 1.29 is 13.2 Å². The van der Waals surface area contributed by atoms with Gasteiger partial charge in [0.25, 0.3) is 0 Å². The minimum atomic E-state index is -3.49. The summed E-state index contributed by atoms with van der Waals surface area (Å²) in [7, 11) is -3.49. The molecule has 2 rings (SSSR count). The van der Waals surface area contributed by atoms with Crippen LogP contribution in [0.4, 0.5) is 0 Å². The molecule has 0 unspecified atom stereocenters. The SMILES string of the molecule is CCNC(=O)[C@H]1CCCN(S(=O)(=O)c2ccccc2)C1. The zero-order valence-electron chi connectivity index (χ0n) is 11.6. The Bertz CT molecular complexity index is 557. The van der Waals surface area contributed by atoms with Gasteiger partial charge < -0.3 is 5.32 Å². The summed E-state index contributed by atoms with van der Waals surface area (Å²) in [5.41, 5.74) is 0. The number of hydrogen-bond acceptors (Lipinski definition) is 3. The van der Waals surface area contributed by atoms with Crippen LogP contribution < -0.4 is 5.32 Å². The number of sulfonamides is 1. The lowest BCUT2D eigenvalue weighted by molar-refractivity contribution is -0.125. The Morgan fingerprint density at radius 1 is 1.35 bits per heavy atom. The van der Waals surface area contributed by atoms with Crippen molar-refractivity contribution in [2.75, 3.05) is 19.6 Å². The van der Waals surface area contributed by atoms with E-state index in [9.17, 15) is 13.2 Å². The van der Waals surface area contributed by atoms with Gasteiger partial charge in [0.05, 0.1) is 10.8 Å². The minimum Gasteiger partial charge on any atom is -0.356 e. The van der Waals surface area contributed by atoms with Gasteiger partial charge in [0.1, 0.15) is 0 Å². The number of amides is 1. The average Bonchev–Trinajstić information content (AvgIpc) is 2.48. The third-order valence-electron chi connectivity index (χ3n) is 3.49. The Labute approximate surface area is 120 Å². The second-order valence-electron chi connectivity index (χ2n) is 4.91. The Morgan fingerprint density at radius 2 is 2.05 bits per heavy atom. The van der Waals surface area contributed by atoms with Crippen LogP contribution in [0.15, 0.2) is 35.2 Å². The van der Waals surface area contributed by atoms with Crippen molar-refractivity contribution in [3.05, 3.63) is 30.3 Å². The summed E-state index contributed by atoms with van der Waals surface area (Å²) in [4.78, 5) is 12.2. The maximum atomic E-state index is 12.5. The van der Waals surface area contributed by atoms with Crippen molar-refractivity contribution >= 4 is 15.9 Å². The van der Waals surface area contributed by atoms with Gasteiger partial charge in [-0.2, -0.15) is 4.31 Å². The molecule has 0 spiro atoms. The topological polar surface area (TPSA) is 66.5 Å². The largest absolute Gasteiger partial charge is 0.356 e. The molecule has 0 saturated carbocycles. The molecule has 0 radical (unpaired) electrons. The number of piperidine rings is 1. The predicted octanol–water partition coefficient (Wildman–Crippen LogP) is 1.22. The normalized spacial score (nSPS) is 20.6. The van der Waals surface area contributed by atoms with Crippen molar-refractivity contribution in [1.82, 2.24) is 9.62 Å². The van der Waals surface area contributed by atoms with Crippen LogP contribution in [0.1, 0.15) is 19.8 Å². The summed E-state index contributed by atoms with van der Waals surface area (Å²) < 4.78 is 26.4. The molecular formula is C14H20N2O3S. The van der Waals surface area contributed by atoms with E-state index in [-0.39, 0.29) is 23.3 Å². The highest BCUT2D eigenvalue weighted by atomic mass is 32.2. The Balaban J connectivity index is 2.15. The summed E-state index contributed by atoms with van der Waals surface area (Å²) in [6.45, 7) is 3.18. The van der Waals surface area contributed by atoms with Crippen molar-refractivity contribution in [1.29, 1.82) is 0 Å². The van der Waals surface area contributed by atoms with Crippen molar-refractivity contribution in [2.24, 2.45) is 5.92 Å². The third-order valence-corrected chi connectivity index (χ3v) is 5.37. The highest BCUT2D eigenvalue weighted by Crippen LogP contribution is 2.23. The smallest absolute Gasteiger partial charge is 0.243 e. The molecule has 0 aliphatic carbocycles. The van der Waals surface area contributed by atoms with Crippen molar-refractivity contribution in [2.45, 2.75) is 24.7 Å². The molecule has 1 amide bonds. The fraction of sp³-hybridized carbons (Fsp3) is 0.500. The molecule has 1 atom stereocenters. The number of carbonyl (C=O) groups excluding carboxylic acids is 1. The lowest BCUT2D eigenvalue weighted by Gasteiger charge is -2.31. The summed E-state index contributed by atoms with van der Waals surface area (Å²) in [5.74, 6) is -0.303. The first-order chi connectivity index (χ1) is 9.55. The second kappa shape index (κ2) is 6.37. The van der Waals surface area contributed by atoms with E-state index in [0.717, 1.165) is 6.42 Å². The number of nitrogens with one attached hydrogen (secondary N) is 1. The monoisotopic (exact) mass is 296 g/mol. The van der Waals surface area contributed by atoms with Gasteiger partial charge in [-0.3, -0.25) is 4.79 Å². The third kappa shape index (κ3) is 3.19. The van der Waals surface area contributed by atoms with E-state index in [4.69, 9.17) is 0 Å². The lowest BCUT2D eigenvalue weighted by Crippen LogP contribution is -2.45. The van der Waals surface area contributed by atoms with Crippen LogP contribution in [-0.4, -0.2) is 38.3 Å². The molecule has 0 bridgehead atoms. The fourth-order valence-corrected chi connectivity index (χ4v) is 3.98. The molecule has 110 valence electrons. The van der Waals surface area contributed by atoms with Crippen molar-refractivity contribution in [3.63, 3.8) is 0 Å². The Hall–Kier alpha value is -1.40. The fourth-order valence-electron chi connectivity index (χ4n) is 2.43. The molecule has 0 aromatic heterocycles. The number of hydrogen-bond donors (Lipinski definition) is 1. The summed E-state index contributed by atoms with van der Waals surface area (Å²) in [5, 5.41) is 2.77. The van der Waals surface area contributed by atoms with Gasteiger partial charge in [-0.15, -0.1) is 0 Å². The molecule has 1 fully saturated rings. The van der Waals surface area contributed by atoms with Crippen LogP contribution in [0.5, 0.6) is 0 Å². The van der Waals surface area contributed by atoms with Gasteiger partial charge in [-0.1, -0.05) is 18.2 Å². The van der Waals surface area contributed by atoms with Gasteiger partial charge >= 0.3 is 0 Å². The average molecular weight is 296 g/mol. The van der Waals surface area contributed by atoms with Gasteiger partial charge in [-0.05, 0) is 31.9 Å². The van der Waals surface area contributed by atoms with E-state index in [0.29, 0.717) is 19.5 Å². The van der Waals surface area contributed by atoms with E-state index in [1.807, 2.05) is 6.92 Å². The first-order valence-electron chi connectivity index (χ1n) is 6.88. The molecule has 1 aliphatic heterocycles. The molecular weight excluding hydrogens is 276 g/mol. The van der Waals surface area contributed by atoms with E-state index in [1.165, 1.54) is 4.31 Å². The van der Waals surface area contributed by atoms with Gasteiger partial charge in [0, 0.05) is 19.6 Å². The standard InChI is InChI=1S/C14H20N2O3S/c1-2-15-14(17)12-7-6-10-16(11-12)20(18,19)13-8-4-3-5-9-13/h3-5,8-9,12H,2,6-7,10-11H2,1H3,(H,15,17)/t12-/m0/s1. The first-order valence-corrected chi connectivity index (χ1v) is 8.32. The molecule has 20 heavy (non-hydrogen) atoms. The zero-order chi connectivity index (χ0) is 14.6. The van der Waals surface area contributed by atoms with Crippen LogP contribution in [0, 0.1) is 5.92 Å². The van der Waals surface area contributed by atoms with Crippen molar-refractivity contribution in [3.8, 4) is 0 Å². The van der Waals surface area contributed by atoms with Gasteiger partial charge in [0.15, 0.2) is 0 Å². The van der Waals surface area contributed by atoms with Crippen LogP contribution in [0.25, 0.3) is 0 Å². The number of nitrogens with zero attached hydrogens (tertiary/aromatic N) is 1. The molecule has 1 N–H and O–H groups in total. The zero-order valence-corrected chi connectivity index (χ0v) is 12.4. The number of benzene rings is 1. The van der Waals surface area contributed by atoms with Crippen LogP contribution in [0.3, 0.4) is 0 Å². The van der Waals surface area contributed by atoms with E-state index >= 15 is 0 Å². The maximum Gasteiger partial charge on any atom is 0.243 e. The summed E-state index contributed by atoms with van der Waals surface area (Å²) in [6.07, 6.45) is 1.46. The summed E-state index contributed by atoms with van der Waals surface area (Å²) in [6, 6.07) is 8.37. The van der Waals surface area contributed by atoms with Crippen LogP contribution in [0.2, 0.25) is 0 Å². The Morgan fingerprint density at radius 3 is 2.70 bits per heavy atom. The second-order valence-corrected chi connectivity index (χ2v) is 6.85. The highest BCUT2D eigenvalue weighted by Gasteiger charge is 2.32. The molecule has 1 aliphatic rings. The quantitative estimate of drug-likeness (QED) is 0.908. The molecule has 1 aromatic rings. The predicted molar refractivity (Wildman–Crippen MR) is 76.6 cm³/mol. The van der Waals surface area contributed by atoms with E-state index < -0.39 is 10.0 Å². The molecule has 1 saturated heterocycles. The van der Waals surface area contributed by atoms with E-state index in [1.54, 1.807) is 30.3 Å². The molecule has 1 heterocycles. The molecule has 1 aromatic carbocycles. The maximum absolute atomic E-state index is 12.5. The summed E-state index contributed by atoms with van der Waals surface area (Å²) >= 11 is 0. The molecule has 6 heteroatoms. The van der Waals surface area contributed by atoms with E-state index in [2.05, 4.69) is 5.32 Å². The number of carbonyl (C=O) groups is 1. The first kappa shape index (κ1) is 15.0. The highest BCUT2D eigenvalue weighted by molar-refractivity contribution is 7.89. The Kier molecular flexibility index (Phi) is 4.77. The minimum absolute atomic E-state index is 0.0551. The molecule has 5 nitrogen and oxygen atoms in total. The van der Waals surface area contributed by atoms with Gasteiger partial charge in [0.2, 0.25) is 15.9 Å². The van der Waals surface area contributed by atoms with Gasteiger partial charge in [-0.25, -0.2) is 8.42 Å². The number of rotatable bonds is 4. The lowest BCUT2D eigenvalue weighted by atomic mass is 9.99.